The summed E-state index contributed by atoms with van der Waals surface area (Å²) in [6.07, 6.45) is -1.90. The molecule has 0 spiro atoms. The minimum Gasteiger partial charge on any atom is -0.276 e. The summed E-state index contributed by atoms with van der Waals surface area (Å²) in [5.41, 5.74) is -1.53. The maximum atomic E-state index is 13.1. The molecule has 0 aliphatic heterocycles. The Morgan fingerprint density at radius 1 is 1.21 bits per heavy atom. The molecule has 0 fully saturated rings. The first-order valence-electron chi connectivity index (χ1n) is 6.55. The Labute approximate surface area is 134 Å². The van der Waals surface area contributed by atoms with Gasteiger partial charge in [0.05, 0.1) is 11.3 Å². The highest BCUT2D eigenvalue weighted by Gasteiger charge is 2.35. The Kier molecular flexibility index (Phi) is 3.67. The van der Waals surface area contributed by atoms with Gasteiger partial charge < -0.3 is 0 Å². The van der Waals surface area contributed by atoms with E-state index in [0.29, 0.717) is 0 Å². The molecule has 0 bridgehead atoms. The van der Waals surface area contributed by atoms with Crippen LogP contribution in [0.3, 0.4) is 0 Å². The smallest absolute Gasteiger partial charge is 0.276 e. The molecule has 0 aliphatic carbocycles. The third-order valence-electron chi connectivity index (χ3n) is 3.15. The number of nitrogens with zero attached hydrogens (tertiary/aromatic N) is 4. The molecular formula is C13H10F3N5O2S. The number of aryl methyl sites for hydroxylation is 1. The van der Waals surface area contributed by atoms with E-state index in [2.05, 4.69) is 15.1 Å². The van der Waals surface area contributed by atoms with Crippen molar-refractivity contribution < 1.29 is 21.6 Å². The van der Waals surface area contributed by atoms with Gasteiger partial charge in [-0.2, -0.15) is 26.6 Å². The maximum absolute atomic E-state index is 13.1. The quantitative estimate of drug-likeness (QED) is 0.777. The van der Waals surface area contributed by atoms with Crippen LogP contribution in [0.1, 0.15) is 11.1 Å². The number of sulfonamides is 1. The second-order valence-electron chi connectivity index (χ2n) is 4.86. The van der Waals surface area contributed by atoms with Crippen LogP contribution >= 0.6 is 0 Å². The zero-order valence-electron chi connectivity index (χ0n) is 12.1. The summed E-state index contributed by atoms with van der Waals surface area (Å²) in [6.45, 7) is 1.37. The maximum Gasteiger partial charge on any atom is 0.418 e. The molecular weight excluding hydrogens is 347 g/mol. The van der Waals surface area contributed by atoms with E-state index in [4.69, 9.17) is 0 Å². The minimum atomic E-state index is -4.71. The van der Waals surface area contributed by atoms with Crippen LogP contribution < -0.4 is 4.72 Å². The van der Waals surface area contributed by atoms with E-state index in [0.717, 1.165) is 10.6 Å². The molecule has 11 heteroatoms. The minimum absolute atomic E-state index is 0.0127. The van der Waals surface area contributed by atoms with Gasteiger partial charge in [-0.05, 0) is 24.6 Å². The monoisotopic (exact) mass is 357 g/mol. The van der Waals surface area contributed by atoms with Crippen molar-refractivity contribution in [3.8, 4) is 0 Å². The van der Waals surface area contributed by atoms with Gasteiger partial charge in [-0.3, -0.25) is 4.72 Å². The van der Waals surface area contributed by atoms with E-state index >= 15 is 0 Å². The van der Waals surface area contributed by atoms with Crippen molar-refractivity contribution in [3.63, 3.8) is 0 Å². The predicted molar refractivity (Wildman–Crippen MR) is 77.8 cm³/mol. The molecule has 2 aromatic heterocycles. The Morgan fingerprint density at radius 3 is 2.62 bits per heavy atom. The molecule has 0 atom stereocenters. The number of nitrogens with one attached hydrogen (secondary N) is 1. The van der Waals surface area contributed by atoms with Gasteiger partial charge in [0.2, 0.25) is 0 Å². The molecule has 24 heavy (non-hydrogen) atoms. The molecule has 0 aliphatic rings. The third-order valence-corrected chi connectivity index (χ3v) is 4.28. The highest BCUT2D eigenvalue weighted by Crippen LogP contribution is 2.37. The first kappa shape index (κ1) is 16.2. The van der Waals surface area contributed by atoms with Gasteiger partial charge in [-0.15, -0.1) is 5.10 Å². The standard InChI is InChI=1S/C13H10F3N5O2S/c1-8-4-2-5-9(13(14,15)16)10(8)20-24(22,23)12-18-11-17-6-3-7-21(11)19-12/h2-7,20H,1H3. The molecule has 0 unspecified atom stereocenters. The summed E-state index contributed by atoms with van der Waals surface area (Å²) in [7, 11) is -4.41. The van der Waals surface area contributed by atoms with Crippen LogP contribution in [0.25, 0.3) is 5.78 Å². The second-order valence-corrected chi connectivity index (χ2v) is 6.44. The molecule has 3 rings (SSSR count). The Balaban J connectivity index is 2.07. The number of fused-ring (bicyclic) bond motifs is 1. The van der Waals surface area contributed by atoms with Crippen molar-refractivity contribution in [2.45, 2.75) is 18.3 Å². The summed E-state index contributed by atoms with van der Waals surface area (Å²) in [5.74, 6) is 0.0127. The van der Waals surface area contributed by atoms with Crippen molar-refractivity contribution in [1.29, 1.82) is 0 Å². The Bertz CT molecular complexity index is 981. The highest BCUT2D eigenvalue weighted by atomic mass is 32.2. The van der Waals surface area contributed by atoms with E-state index in [9.17, 15) is 21.6 Å². The number of benzene rings is 1. The molecule has 0 amide bonds. The number of hydrogen-bond donors (Lipinski definition) is 1. The summed E-state index contributed by atoms with van der Waals surface area (Å²) in [6, 6.07) is 4.87. The van der Waals surface area contributed by atoms with Crippen molar-refractivity contribution >= 4 is 21.5 Å². The van der Waals surface area contributed by atoms with Gasteiger partial charge in [0.15, 0.2) is 0 Å². The molecule has 0 saturated carbocycles. The lowest BCUT2D eigenvalue weighted by molar-refractivity contribution is -0.136. The van der Waals surface area contributed by atoms with Crippen LogP contribution in [0.2, 0.25) is 0 Å². The fourth-order valence-corrected chi connectivity index (χ4v) is 3.08. The van der Waals surface area contributed by atoms with Gasteiger partial charge in [0, 0.05) is 12.4 Å². The van der Waals surface area contributed by atoms with Gasteiger partial charge in [-0.25, -0.2) is 9.50 Å². The number of aromatic nitrogens is 4. The lowest BCUT2D eigenvalue weighted by atomic mass is 10.1. The van der Waals surface area contributed by atoms with Crippen LogP contribution in [-0.2, 0) is 16.2 Å². The summed E-state index contributed by atoms with van der Waals surface area (Å²) >= 11 is 0. The van der Waals surface area contributed by atoms with Crippen molar-refractivity contribution in [1.82, 2.24) is 19.6 Å². The van der Waals surface area contributed by atoms with E-state index in [1.807, 2.05) is 4.72 Å². The zero-order valence-corrected chi connectivity index (χ0v) is 12.9. The fraction of sp³-hybridized carbons (Fsp3) is 0.154. The third kappa shape index (κ3) is 2.89. The average Bonchev–Trinajstić information content (AvgIpc) is 2.93. The summed E-state index contributed by atoms with van der Waals surface area (Å²) in [4.78, 5) is 7.53. The zero-order chi connectivity index (χ0) is 17.5. The largest absolute Gasteiger partial charge is 0.418 e. The van der Waals surface area contributed by atoms with Crippen LogP contribution in [0.15, 0.2) is 41.8 Å². The van der Waals surface area contributed by atoms with Gasteiger partial charge in [0.1, 0.15) is 0 Å². The van der Waals surface area contributed by atoms with Crippen molar-refractivity contribution in [2.75, 3.05) is 4.72 Å². The second kappa shape index (κ2) is 5.44. The van der Waals surface area contributed by atoms with E-state index in [1.54, 1.807) is 0 Å². The van der Waals surface area contributed by atoms with Crippen LogP contribution in [0.4, 0.5) is 18.9 Å². The highest BCUT2D eigenvalue weighted by molar-refractivity contribution is 7.92. The van der Waals surface area contributed by atoms with Gasteiger partial charge in [-0.1, -0.05) is 12.1 Å². The lowest BCUT2D eigenvalue weighted by Crippen LogP contribution is -2.19. The van der Waals surface area contributed by atoms with Crippen molar-refractivity contribution in [2.24, 2.45) is 0 Å². The molecule has 1 aromatic carbocycles. The molecule has 2 heterocycles. The number of hydrogen-bond acceptors (Lipinski definition) is 5. The fourth-order valence-electron chi connectivity index (χ4n) is 2.05. The van der Waals surface area contributed by atoms with E-state index in [-0.39, 0.29) is 11.3 Å². The van der Waals surface area contributed by atoms with Crippen LogP contribution in [0, 0.1) is 6.92 Å². The molecule has 126 valence electrons. The number of para-hydroxylation sites is 1. The molecule has 0 saturated heterocycles. The molecule has 3 aromatic rings. The number of rotatable bonds is 3. The van der Waals surface area contributed by atoms with Gasteiger partial charge in [0.25, 0.3) is 21.0 Å². The Morgan fingerprint density at radius 2 is 1.96 bits per heavy atom. The van der Waals surface area contributed by atoms with Gasteiger partial charge >= 0.3 is 6.18 Å². The first-order valence-corrected chi connectivity index (χ1v) is 8.04. The average molecular weight is 357 g/mol. The summed E-state index contributed by atoms with van der Waals surface area (Å²) < 4.78 is 67.0. The topological polar surface area (TPSA) is 89.2 Å². The number of halogens is 3. The summed E-state index contributed by atoms with van der Waals surface area (Å²) in [5, 5.41) is 3.04. The predicted octanol–water partition coefficient (Wildman–Crippen LogP) is 2.25. The lowest BCUT2D eigenvalue weighted by Gasteiger charge is -2.15. The first-order chi connectivity index (χ1) is 11.2. The van der Waals surface area contributed by atoms with E-state index in [1.165, 1.54) is 37.5 Å². The number of anilines is 1. The molecule has 7 nitrogen and oxygen atoms in total. The van der Waals surface area contributed by atoms with Crippen LogP contribution in [0.5, 0.6) is 0 Å². The normalized spacial score (nSPS) is 12.5. The Hall–Kier alpha value is -2.69. The number of alkyl halides is 3. The van der Waals surface area contributed by atoms with E-state index < -0.39 is 32.6 Å². The van der Waals surface area contributed by atoms with Crippen molar-refractivity contribution in [3.05, 3.63) is 47.8 Å². The molecule has 0 radical (unpaired) electrons. The molecule has 1 N–H and O–H groups in total. The SMILES string of the molecule is Cc1cccc(C(F)(F)F)c1NS(=O)(=O)c1nc2ncccn2n1. The van der Waals surface area contributed by atoms with Crippen LogP contribution in [-0.4, -0.2) is 28.0 Å².